The summed E-state index contributed by atoms with van der Waals surface area (Å²) >= 11 is 12.0. The number of carbonyl (C=O) groups excluding carboxylic acids is 2. The molecule has 1 heterocycles. The molecule has 112 valence electrons. The molecule has 0 unspecified atom stereocenters. The van der Waals surface area contributed by atoms with E-state index in [0.717, 1.165) is 5.01 Å². The van der Waals surface area contributed by atoms with E-state index in [0.29, 0.717) is 15.6 Å². The van der Waals surface area contributed by atoms with E-state index in [1.807, 2.05) is 0 Å². The van der Waals surface area contributed by atoms with Gasteiger partial charge in [-0.3, -0.25) is 9.69 Å². The van der Waals surface area contributed by atoms with Crippen LogP contribution < -0.4 is 0 Å². The summed E-state index contributed by atoms with van der Waals surface area (Å²) in [4.78, 5) is 24.6. The third kappa shape index (κ3) is 3.28. The van der Waals surface area contributed by atoms with Gasteiger partial charge in [-0.15, -0.1) is 0 Å². The van der Waals surface area contributed by atoms with Gasteiger partial charge in [0.15, 0.2) is 0 Å². The number of hydrogen-bond donors (Lipinski definition) is 0. The smallest absolute Gasteiger partial charge is 0.410 e. The van der Waals surface area contributed by atoms with E-state index in [4.69, 9.17) is 27.9 Å². The molecule has 1 atom stereocenters. The van der Waals surface area contributed by atoms with E-state index in [1.54, 1.807) is 18.2 Å². The molecule has 0 bridgehead atoms. The number of hydrazone groups is 1. The number of hydrogen-bond acceptors (Lipinski definition) is 4. The van der Waals surface area contributed by atoms with Crippen molar-refractivity contribution in [3.63, 3.8) is 0 Å². The van der Waals surface area contributed by atoms with Crippen LogP contribution in [0.25, 0.3) is 0 Å². The fraction of sp³-hybridized carbons (Fsp3) is 0.308. The second kappa shape index (κ2) is 6.32. The largest absolute Gasteiger partial charge is 0.447 e. The van der Waals surface area contributed by atoms with Gasteiger partial charge in [-0.2, -0.15) is 5.10 Å². The summed E-state index contributed by atoms with van der Waals surface area (Å²) in [5, 5.41) is 6.01. The quantitative estimate of drug-likeness (QED) is 0.631. The summed E-state index contributed by atoms with van der Waals surface area (Å²) in [6.45, 7) is 0.0148. The van der Waals surface area contributed by atoms with Crippen LogP contribution in [-0.4, -0.2) is 54.9 Å². The molecule has 1 aliphatic heterocycles. The molecule has 6 nitrogen and oxygen atoms in total. The number of cyclic esters (lactones) is 1. The monoisotopic (exact) mass is 329 g/mol. The van der Waals surface area contributed by atoms with Gasteiger partial charge in [0.1, 0.15) is 12.6 Å². The van der Waals surface area contributed by atoms with Gasteiger partial charge < -0.3 is 4.74 Å². The maximum atomic E-state index is 12.2. The lowest BCUT2D eigenvalue weighted by atomic mass is 10.2. The fourth-order valence-corrected chi connectivity index (χ4v) is 2.27. The molecule has 1 aromatic carbocycles. The van der Waals surface area contributed by atoms with Crippen molar-refractivity contribution in [2.75, 3.05) is 20.7 Å². The van der Waals surface area contributed by atoms with E-state index in [1.165, 1.54) is 25.2 Å². The highest BCUT2D eigenvalue weighted by atomic mass is 35.5. The zero-order valence-corrected chi connectivity index (χ0v) is 12.9. The summed E-state index contributed by atoms with van der Waals surface area (Å²) < 4.78 is 4.80. The minimum Gasteiger partial charge on any atom is -0.447 e. The number of carbonyl (C=O) groups is 2. The first kappa shape index (κ1) is 15.6. The van der Waals surface area contributed by atoms with Gasteiger partial charge in [0.05, 0.1) is 16.3 Å². The predicted molar refractivity (Wildman–Crippen MR) is 79.7 cm³/mol. The van der Waals surface area contributed by atoms with Gasteiger partial charge >= 0.3 is 6.09 Å². The van der Waals surface area contributed by atoms with E-state index in [9.17, 15) is 9.59 Å². The van der Waals surface area contributed by atoms with Gasteiger partial charge in [0.2, 0.25) is 0 Å². The molecule has 1 fully saturated rings. The minimum absolute atomic E-state index is 0.0148. The molecule has 21 heavy (non-hydrogen) atoms. The molecular formula is C13H13Cl2N3O3. The van der Waals surface area contributed by atoms with E-state index in [2.05, 4.69) is 5.10 Å². The molecule has 0 radical (unpaired) electrons. The summed E-state index contributed by atoms with van der Waals surface area (Å²) in [5.41, 5.74) is 0.521. The lowest BCUT2D eigenvalue weighted by Crippen LogP contribution is -2.42. The average molecular weight is 330 g/mol. The van der Waals surface area contributed by atoms with Crippen molar-refractivity contribution in [3.8, 4) is 0 Å². The minimum atomic E-state index is -0.679. The Hall–Kier alpha value is -1.79. The van der Waals surface area contributed by atoms with Crippen LogP contribution in [0.1, 0.15) is 5.56 Å². The lowest BCUT2D eigenvalue weighted by molar-refractivity contribution is -0.133. The highest BCUT2D eigenvalue weighted by molar-refractivity contribution is 6.38. The van der Waals surface area contributed by atoms with Crippen molar-refractivity contribution in [2.45, 2.75) is 6.04 Å². The lowest BCUT2D eigenvalue weighted by Gasteiger charge is -2.19. The van der Waals surface area contributed by atoms with Crippen molar-refractivity contribution in [3.05, 3.63) is 33.8 Å². The molecule has 2 amide bonds. The SMILES string of the molecule is CN(/N=C/c1c(Cl)cccc1Cl)C(=O)[C@@H]1COC(=O)N1C. The van der Waals surface area contributed by atoms with Gasteiger partial charge in [-0.25, -0.2) is 9.80 Å². The Morgan fingerprint density at radius 1 is 1.48 bits per heavy atom. The molecule has 1 aromatic rings. The first-order valence-corrected chi connectivity index (χ1v) is 6.82. The van der Waals surface area contributed by atoms with Gasteiger partial charge in [-0.1, -0.05) is 29.3 Å². The van der Waals surface area contributed by atoms with Crippen LogP contribution in [0.4, 0.5) is 4.79 Å². The topological polar surface area (TPSA) is 62.2 Å². The molecule has 0 aliphatic carbocycles. The van der Waals surface area contributed by atoms with Crippen LogP contribution in [0.5, 0.6) is 0 Å². The molecule has 0 spiro atoms. The summed E-state index contributed by atoms with van der Waals surface area (Å²) in [5.74, 6) is -0.359. The maximum Gasteiger partial charge on any atom is 0.410 e. The molecule has 8 heteroatoms. The van der Waals surface area contributed by atoms with Gasteiger partial charge in [-0.05, 0) is 12.1 Å². The molecular weight excluding hydrogens is 317 g/mol. The Kier molecular flexibility index (Phi) is 4.69. The number of likely N-dealkylation sites (N-methyl/N-ethyl adjacent to an activating group) is 2. The number of amides is 2. The molecule has 0 N–H and O–H groups in total. The number of nitrogens with zero attached hydrogens (tertiary/aromatic N) is 3. The van der Waals surface area contributed by atoms with Gasteiger partial charge in [0.25, 0.3) is 5.91 Å². The Bertz CT molecular complexity index is 586. The van der Waals surface area contributed by atoms with E-state index >= 15 is 0 Å². The maximum absolute atomic E-state index is 12.2. The highest BCUT2D eigenvalue weighted by Crippen LogP contribution is 2.22. The van der Waals surface area contributed by atoms with Crippen LogP contribution in [0.15, 0.2) is 23.3 Å². The number of halogens is 2. The summed E-state index contributed by atoms with van der Waals surface area (Å²) in [7, 11) is 2.99. The second-order valence-electron chi connectivity index (χ2n) is 4.45. The average Bonchev–Trinajstić information content (AvgIpc) is 2.77. The van der Waals surface area contributed by atoms with Crippen LogP contribution in [-0.2, 0) is 9.53 Å². The summed E-state index contributed by atoms with van der Waals surface area (Å²) in [6.07, 6.45) is 0.875. The predicted octanol–water partition coefficient (Wildman–Crippen LogP) is 2.24. The third-order valence-corrected chi connectivity index (χ3v) is 3.74. The fourth-order valence-electron chi connectivity index (χ4n) is 1.78. The summed E-state index contributed by atoms with van der Waals surface area (Å²) in [6, 6.07) is 4.39. The highest BCUT2D eigenvalue weighted by Gasteiger charge is 2.36. The molecule has 2 rings (SSSR count). The Morgan fingerprint density at radius 2 is 2.10 bits per heavy atom. The zero-order chi connectivity index (χ0) is 15.6. The van der Waals surface area contributed by atoms with Crippen molar-refractivity contribution >= 4 is 41.4 Å². The molecule has 0 aromatic heterocycles. The molecule has 1 aliphatic rings. The van der Waals surface area contributed by atoms with Gasteiger partial charge in [0, 0.05) is 19.7 Å². The van der Waals surface area contributed by atoms with Crippen LogP contribution >= 0.6 is 23.2 Å². The first-order chi connectivity index (χ1) is 9.91. The first-order valence-electron chi connectivity index (χ1n) is 6.07. The standard InChI is InChI=1S/C13H13Cl2N3O3/c1-17-11(7-21-13(17)20)12(19)18(2)16-6-8-9(14)4-3-5-10(8)15/h3-6,11H,7H2,1-2H3/b16-6+/t11-/m0/s1. The normalized spacial score (nSPS) is 18.2. The van der Waals surface area contributed by atoms with Crippen molar-refractivity contribution in [1.82, 2.24) is 9.91 Å². The number of ether oxygens (including phenoxy) is 1. The second-order valence-corrected chi connectivity index (χ2v) is 5.26. The Morgan fingerprint density at radius 3 is 2.62 bits per heavy atom. The number of rotatable bonds is 3. The van der Waals surface area contributed by atoms with E-state index < -0.39 is 12.1 Å². The van der Waals surface area contributed by atoms with Crippen LogP contribution in [0.2, 0.25) is 10.0 Å². The molecule has 0 saturated carbocycles. The zero-order valence-electron chi connectivity index (χ0n) is 11.4. The molecule has 1 saturated heterocycles. The van der Waals surface area contributed by atoms with Crippen molar-refractivity contribution in [1.29, 1.82) is 0 Å². The van der Waals surface area contributed by atoms with Crippen molar-refractivity contribution < 1.29 is 14.3 Å². The van der Waals surface area contributed by atoms with Crippen LogP contribution in [0.3, 0.4) is 0 Å². The van der Waals surface area contributed by atoms with E-state index in [-0.39, 0.29) is 12.5 Å². The Balaban J connectivity index is 2.11. The Labute approximate surface area is 131 Å². The number of benzene rings is 1. The third-order valence-electron chi connectivity index (χ3n) is 3.08. The van der Waals surface area contributed by atoms with Crippen LogP contribution in [0, 0.1) is 0 Å². The van der Waals surface area contributed by atoms with Crippen molar-refractivity contribution in [2.24, 2.45) is 5.10 Å².